The summed E-state index contributed by atoms with van der Waals surface area (Å²) in [4.78, 5) is 44.4. The number of aryl methyl sites for hydroxylation is 1. The van der Waals surface area contributed by atoms with Crippen LogP contribution < -0.4 is 16.2 Å². The predicted molar refractivity (Wildman–Crippen MR) is 111 cm³/mol. The molecule has 7 nitrogen and oxygen atoms in total. The fourth-order valence-electron chi connectivity index (χ4n) is 3.14. The fourth-order valence-corrected chi connectivity index (χ4v) is 3.74. The average molecular weight is 401 g/mol. The Hall–Kier alpha value is -2.61. The van der Waals surface area contributed by atoms with Crippen molar-refractivity contribution < 1.29 is 9.59 Å². The summed E-state index contributed by atoms with van der Waals surface area (Å²) >= 11 is 1.36. The van der Waals surface area contributed by atoms with Crippen LogP contribution in [0.5, 0.6) is 0 Å². The van der Waals surface area contributed by atoms with Crippen molar-refractivity contribution >= 4 is 35.1 Å². The Morgan fingerprint density at radius 1 is 1.25 bits per heavy atom. The van der Waals surface area contributed by atoms with Gasteiger partial charge in [0.25, 0.3) is 5.56 Å². The number of aromatic amines is 1. The Bertz CT molecular complexity index is 924. The quantitative estimate of drug-likeness (QED) is 0.489. The van der Waals surface area contributed by atoms with E-state index in [1.807, 2.05) is 31.2 Å². The fraction of sp³-hybridized carbons (Fsp3) is 0.400. The number of amides is 2. The van der Waals surface area contributed by atoms with Gasteiger partial charge >= 0.3 is 0 Å². The lowest BCUT2D eigenvalue weighted by molar-refractivity contribution is -0.123. The number of carbonyl (C=O) groups is 2. The molecule has 0 saturated heterocycles. The molecule has 1 atom stereocenters. The zero-order valence-electron chi connectivity index (χ0n) is 16.0. The van der Waals surface area contributed by atoms with Gasteiger partial charge in [-0.1, -0.05) is 44.2 Å². The number of carbonyl (C=O) groups excluding carboxylic acids is 2. The summed E-state index contributed by atoms with van der Waals surface area (Å²) in [5.74, 6) is -0.687. The zero-order chi connectivity index (χ0) is 20.1. The summed E-state index contributed by atoms with van der Waals surface area (Å²) in [7, 11) is 0. The second-order valence-corrected chi connectivity index (χ2v) is 7.91. The monoisotopic (exact) mass is 400 g/mol. The van der Waals surface area contributed by atoms with Crippen LogP contribution in [0.15, 0.2) is 34.2 Å². The van der Waals surface area contributed by atoms with Crippen molar-refractivity contribution in [1.29, 1.82) is 0 Å². The van der Waals surface area contributed by atoms with Gasteiger partial charge in [0.15, 0.2) is 5.16 Å². The number of hydrogen-bond donors (Lipinski definition) is 3. The molecule has 1 aliphatic rings. The zero-order valence-corrected chi connectivity index (χ0v) is 16.8. The van der Waals surface area contributed by atoms with E-state index in [2.05, 4.69) is 27.5 Å². The van der Waals surface area contributed by atoms with Crippen LogP contribution in [0.3, 0.4) is 0 Å². The molecule has 0 saturated carbocycles. The number of unbranched alkanes of at least 4 members (excludes halogenated alkanes) is 1. The van der Waals surface area contributed by atoms with Crippen LogP contribution in [0.4, 0.5) is 11.5 Å². The molecule has 0 aliphatic carbocycles. The molecule has 3 rings (SSSR count). The van der Waals surface area contributed by atoms with E-state index in [-0.39, 0.29) is 29.6 Å². The number of aromatic nitrogens is 2. The van der Waals surface area contributed by atoms with Gasteiger partial charge in [-0.25, -0.2) is 4.98 Å². The largest absolute Gasteiger partial charge is 0.326 e. The standard InChI is InChI=1S/C20H24N4O3S/c1-3-5-6-12-7-9-13(10-8-12)21-18(26)14-11-15(25)22-17-16(14)19(27)24-20(23-17)28-4-2/h7-10,14H,3-6,11H2,1-2H3,(H,21,26)(H2,22,23,24,25,27)/t14-/m0/s1. The number of fused-ring (bicyclic) bond motifs is 1. The topological polar surface area (TPSA) is 104 Å². The summed E-state index contributed by atoms with van der Waals surface area (Å²) in [6, 6.07) is 7.65. The van der Waals surface area contributed by atoms with Crippen LogP contribution in [0.1, 0.15) is 50.2 Å². The van der Waals surface area contributed by atoms with Gasteiger partial charge in [0.1, 0.15) is 5.82 Å². The molecule has 1 aromatic heterocycles. The van der Waals surface area contributed by atoms with Gasteiger partial charge in [0.2, 0.25) is 11.8 Å². The Labute approximate surface area is 167 Å². The van der Waals surface area contributed by atoms with Crippen LogP contribution in [0.2, 0.25) is 0 Å². The Kier molecular flexibility index (Phi) is 6.51. The Balaban J connectivity index is 1.81. The molecule has 0 bridgehead atoms. The number of nitrogens with zero attached hydrogens (tertiary/aromatic N) is 1. The summed E-state index contributed by atoms with van der Waals surface area (Å²) in [6.07, 6.45) is 3.16. The van der Waals surface area contributed by atoms with Crippen molar-refractivity contribution in [2.75, 3.05) is 16.4 Å². The highest BCUT2D eigenvalue weighted by molar-refractivity contribution is 7.99. The second-order valence-electron chi connectivity index (χ2n) is 6.66. The molecule has 28 heavy (non-hydrogen) atoms. The predicted octanol–water partition coefficient (Wildman–Crippen LogP) is 3.29. The molecular weight excluding hydrogens is 376 g/mol. The third kappa shape index (κ3) is 4.62. The molecule has 0 radical (unpaired) electrons. The minimum Gasteiger partial charge on any atom is -0.326 e. The van der Waals surface area contributed by atoms with Crippen LogP contribution in [-0.2, 0) is 16.0 Å². The van der Waals surface area contributed by atoms with Gasteiger partial charge in [0, 0.05) is 12.1 Å². The smallest absolute Gasteiger partial charge is 0.257 e. The minimum atomic E-state index is -0.875. The van der Waals surface area contributed by atoms with E-state index in [1.165, 1.54) is 17.3 Å². The van der Waals surface area contributed by atoms with E-state index in [9.17, 15) is 14.4 Å². The van der Waals surface area contributed by atoms with E-state index in [1.54, 1.807) is 0 Å². The van der Waals surface area contributed by atoms with Gasteiger partial charge in [-0.05, 0) is 36.3 Å². The Morgan fingerprint density at radius 3 is 2.68 bits per heavy atom. The third-order valence-electron chi connectivity index (χ3n) is 4.57. The van der Waals surface area contributed by atoms with Gasteiger partial charge in [-0.2, -0.15) is 0 Å². The van der Waals surface area contributed by atoms with E-state index in [4.69, 9.17) is 0 Å². The summed E-state index contributed by atoms with van der Waals surface area (Å²) in [6.45, 7) is 4.08. The van der Waals surface area contributed by atoms with E-state index < -0.39 is 11.5 Å². The number of hydrogen-bond acceptors (Lipinski definition) is 5. The van der Waals surface area contributed by atoms with Gasteiger partial charge in [0.05, 0.1) is 11.5 Å². The van der Waals surface area contributed by atoms with Crippen molar-refractivity contribution in [1.82, 2.24) is 9.97 Å². The number of thioether (sulfide) groups is 1. The maximum atomic E-state index is 12.8. The SMILES string of the molecule is CCCCc1ccc(NC(=O)[C@H]2CC(=O)Nc3nc(SCC)[nH]c(=O)c32)cc1. The summed E-state index contributed by atoms with van der Waals surface area (Å²) in [5, 5.41) is 5.86. The number of benzene rings is 1. The van der Waals surface area contributed by atoms with E-state index in [0.717, 1.165) is 25.0 Å². The minimum absolute atomic E-state index is 0.0849. The van der Waals surface area contributed by atoms with Crippen molar-refractivity contribution in [3.63, 3.8) is 0 Å². The van der Waals surface area contributed by atoms with Crippen LogP contribution in [0, 0.1) is 0 Å². The summed E-state index contributed by atoms with van der Waals surface area (Å²) in [5.41, 5.74) is 1.66. The summed E-state index contributed by atoms with van der Waals surface area (Å²) < 4.78 is 0. The molecule has 0 unspecified atom stereocenters. The number of anilines is 2. The molecular formula is C20H24N4O3S. The van der Waals surface area contributed by atoms with Crippen molar-refractivity contribution in [2.45, 2.75) is 50.6 Å². The molecule has 2 aromatic rings. The highest BCUT2D eigenvalue weighted by Gasteiger charge is 2.34. The third-order valence-corrected chi connectivity index (χ3v) is 5.32. The second kappa shape index (κ2) is 9.05. The number of rotatable bonds is 7. The molecule has 2 amide bonds. The van der Waals surface area contributed by atoms with Crippen LogP contribution in [-0.4, -0.2) is 27.5 Å². The normalized spacial score (nSPS) is 15.6. The molecule has 1 aliphatic heterocycles. The molecule has 0 fully saturated rings. The highest BCUT2D eigenvalue weighted by Crippen LogP contribution is 2.30. The molecule has 1 aromatic carbocycles. The lowest BCUT2D eigenvalue weighted by atomic mass is 9.92. The first-order valence-electron chi connectivity index (χ1n) is 9.48. The van der Waals surface area contributed by atoms with E-state index >= 15 is 0 Å². The first-order chi connectivity index (χ1) is 13.5. The van der Waals surface area contributed by atoms with Gasteiger partial charge < -0.3 is 15.6 Å². The number of nitrogens with one attached hydrogen (secondary N) is 3. The molecule has 8 heteroatoms. The van der Waals surface area contributed by atoms with Crippen molar-refractivity contribution in [3.8, 4) is 0 Å². The first kappa shape index (κ1) is 20.1. The highest BCUT2D eigenvalue weighted by atomic mass is 32.2. The maximum Gasteiger partial charge on any atom is 0.257 e. The molecule has 148 valence electrons. The van der Waals surface area contributed by atoms with Crippen LogP contribution in [0.25, 0.3) is 0 Å². The maximum absolute atomic E-state index is 12.8. The average Bonchev–Trinajstić information content (AvgIpc) is 2.66. The lowest BCUT2D eigenvalue weighted by Crippen LogP contribution is -2.36. The Morgan fingerprint density at radius 2 is 2.00 bits per heavy atom. The number of H-pyrrole nitrogens is 1. The van der Waals surface area contributed by atoms with Crippen molar-refractivity contribution in [3.05, 3.63) is 45.7 Å². The van der Waals surface area contributed by atoms with E-state index in [0.29, 0.717) is 10.8 Å². The molecule has 3 N–H and O–H groups in total. The first-order valence-corrected chi connectivity index (χ1v) is 10.5. The van der Waals surface area contributed by atoms with Gasteiger partial charge in [-0.3, -0.25) is 14.4 Å². The van der Waals surface area contributed by atoms with Gasteiger partial charge in [-0.15, -0.1) is 0 Å². The molecule has 2 heterocycles. The van der Waals surface area contributed by atoms with Crippen LogP contribution >= 0.6 is 11.8 Å². The lowest BCUT2D eigenvalue weighted by Gasteiger charge is -2.23. The van der Waals surface area contributed by atoms with Crippen molar-refractivity contribution in [2.24, 2.45) is 0 Å². The molecule has 0 spiro atoms.